The number of rotatable bonds is 4. The number of aromatic amines is 1. The van der Waals surface area contributed by atoms with E-state index in [2.05, 4.69) is 53.4 Å². The summed E-state index contributed by atoms with van der Waals surface area (Å²) in [5.74, 6) is 0. The highest BCUT2D eigenvalue weighted by atomic mass is 35.5. The minimum Gasteiger partial charge on any atom is -0.306 e. The topological polar surface area (TPSA) is 53.6 Å². The fourth-order valence-corrected chi connectivity index (χ4v) is 3.64. The monoisotopic (exact) mass is 336 g/mol. The van der Waals surface area contributed by atoms with Crippen LogP contribution in [0.5, 0.6) is 0 Å². The lowest BCUT2D eigenvalue weighted by Crippen LogP contribution is -2.18. The van der Waals surface area contributed by atoms with E-state index in [0.29, 0.717) is 6.04 Å². The minimum atomic E-state index is 0. The predicted molar refractivity (Wildman–Crippen MR) is 94.9 cm³/mol. The van der Waals surface area contributed by atoms with Crippen molar-refractivity contribution in [1.82, 2.24) is 20.5 Å². The predicted octanol–water partition coefficient (Wildman–Crippen LogP) is 4.22. The van der Waals surface area contributed by atoms with Crippen LogP contribution in [0.25, 0.3) is 11.0 Å². The van der Waals surface area contributed by atoms with Crippen molar-refractivity contribution in [1.29, 1.82) is 0 Å². The maximum atomic E-state index is 4.39. The van der Waals surface area contributed by atoms with Crippen LogP contribution < -0.4 is 5.32 Å². The van der Waals surface area contributed by atoms with Gasteiger partial charge in [0.25, 0.3) is 0 Å². The summed E-state index contributed by atoms with van der Waals surface area (Å²) in [4.78, 5) is 7.16. The van der Waals surface area contributed by atoms with E-state index in [0.717, 1.165) is 23.3 Å². The van der Waals surface area contributed by atoms with Crippen LogP contribution >= 0.6 is 23.7 Å². The molecule has 0 spiro atoms. The summed E-state index contributed by atoms with van der Waals surface area (Å²) in [6.45, 7) is 9.39. The number of hydrogen-bond donors (Lipinski definition) is 2. The molecular formula is C16H21ClN4S. The van der Waals surface area contributed by atoms with E-state index in [1.165, 1.54) is 20.9 Å². The molecule has 0 saturated carbocycles. The highest BCUT2D eigenvalue weighted by Gasteiger charge is 2.11. The molecule has 0 aliphatic heterocycles. The molecule has 0 amide bonds. The van der Waals surface area contributed by atoms with Crippen molar-refractivity contribution in [3.05, 3.63) is 44.9 Å². The van der Waals surface area contributed by atoms with Crippen LogP contribution in [0.3, 0.4) is 0 Å². The van der Waals surface area contributed by atoms with Gasteiger partial charge in [-0.3, -0.25) is 5.10 Å². The van der Waals surface area contributed by atoms with Gasteiger partial charge in [-0.05, 0) is 51.0 Å². The number of nitrogens with zero attached hydrogens (tertiary/aromatic N) is 2. The lowest BCUT2D eigenvalue weighted by molar-refractivity contribution is 0.573. The maximum Gasteiger partial charge on any atom is 0.181 e. The first kappa shape index (κ1) is 16.9. The number of thiophene rings is 1. The Hall–Kier alpha value is -1.43. The molecule has 0 radical (unpaired) electrons. The average Bonchev–Trinajstić information content (AvgIpc) is 2.99. The minimum absolute atomic E-state index is 0. The van der Waals surface area contributed by atoms with Crippen LogP contribution in [0.1, 0.15) is 39.5 Å². The van der Waals surface area contributed by atoms with Gasteiger partial charge in [0.15, 0.2) is 5.65 Å². The molecule has 0 saturated heterocycles. The molecule has 3 aromatic rings. The number of halogens is 1. The van der Waals surface area contributed by atoms with Crippen molar-refractivity contribution in [3.8, 4) is 0 Å². The zero-order chi connectivity index (χ0) is 15.0. The van der Waals surface area contributed by atoms with Gasteiger partial charge in [-0.25, -0.2) is 4.98 Å². The molecule has 6 heteroatoms. The summed E-state index contributed by atoms with van der Waals surface area (Å²) < 4.78 is 0. The molecule has 4 nitrogen and oxygen atoms in total. The number of H-pyrrole nitrogens is 1. The van der Waals surface area contributed by atoms with Gasteiger partial charge in [-0.1, -0.05) is 0 Å². The van der Waals surface area contributed by atoms with E-state index in [4.69, 9.17) is 0 Å². The molecule has 0 aromatic carbocycles. The first-order valence-corrected chi connectivity index (χ1v) is 7.96. The molecular weight excluding hydrogens is 316 g/mol. The summed E-state index contributed by atoms with van der Waals surface area (Å²) >= 11 is 1.86. The average molecular weight is 337 g/mol. The summed E-state index contributed by atoms with van der Waals surface area (Å²) in [7, 11) is 0. The number of nitrogens with one attached hydrogen (secondary N) is 2. The smallest absolute Gasteiger partial charge is 0.181 e. The second-order valence-electron chi connectivity index (χ2n) is 5.53. The lowest BCUT2D eigenvalue weighted by Gasteiger charge is -2.13. The van der Waals surface area contributed by atoms with Crippen molar-refractivity contribution < 1.29 is 0 Å². The van der Waals surface area contributed by atoms with Crippen molar-refractivity contribution in [2.45, 2.75) is 40.3 Å². The number of pyridine rings is 1. The largest absolute Gasteiger partial charge is 0.306 e. The van der Waals surface area contributed by atoms with E-state index >= 15 is 0 Å². The van der Waals surface area contributed by atoms with Gasteiger partial charge in [0.2, 0.25) is 0 Å². The Morgan fingerprint density at radius 1 is 1.27 bits per heavy atom. The second kappa shape index (κ2) is 6.77. The zero-order valence-electron chi connectivity index (χ0n) is 13.2. The fraction of sp³-hybridized carbons (Fsp3) is 0.375. The molecule has 3 aromatic heterocycles. The van der Waals surface area contributed by atoms with Gasteiger partial charge in [0, 0.05) is 39.6 Å². The number of aryl methyl sites for hydroxylation is 3. The standard InChI is InChI=1S/C16H20N4S.ClH/c1-9-5-14(12(4)21-9)10(2)17-7-13-6-15-11(3)19-20-16(15)18-8-13;/h5-6,8,10,17H,7H2,1-4H3,(H,18,19,20);1H. The number of aromatic nitrogens is 3. The van der Waals surface area contributed by atoms with E-state index in [1.807, 2.05) is 24.5 Å². The first-order valence-electron chi connectivity index (χ1n) is 7.14. The summed E-state index contributed by atoms with van der Waals surface area (Å²) in [5, 5.41) is 11.8. The highest BCUT2D eigenvalue weighted by molar-refractivity contribution is 7.12. The van der Waals surface area contributed by atoms with E-state index < -0.39 is 0 Å². The molecule has 3 heterocycles. The van der Waals surface area contributed by atoms with E-state index in [9.17, 15) is 0 Å². The molecule has 1 unspecified atom stereocenters. The Balaban J connectivity index is 0.00000176. The van der Waals surface area contributed by atoms with Crippen LogP contribution in [0.4, 0.5) is 0 Å². The van der Waals surface area contributed by atoms with Crippen LogP contribution in [0.2, 0.25) is 0 Å². The molecule has 3 rings (SSSR count). The molecule has 22 heavy (non-hydrogen) atoms. The molecule has 0 bridgehead atoms. The Labute approximate surface area is 140 Å². The summed E-state index contributed by atoms with van der Waals surface area (Å²) in [6.07, 6.45) is 1.90. The zero-order valence-corrected chi connectivity index (χ0v) is 14.9. The molecule has 1 atom stereocenters. The van der Waals surface area contributed by atoms with Crippen LogP contribution in [-0.2, 0) is 6.54 Å². The molecule has 0 aliphatic rings. The summed E-state index contributed by atoms with van der Waals surface area (Å²) in [6, 6.07) is 4.78. The van der Waals surface area contributed by atoms with Gasteiger partial charge in [0.1, 0.15) is 0 Å². The van der Waals surface area contributed by atoms with Gasteiger partial charge < -0.3 is 5.32 Å². The third-order valence-electron chi connectivity index (χ3n) is 3.82. The normalized spacial score (nSPS) is 12.4. The van der Waals surface area contributed by atoms with Gasteiger partial charge >= 0.3 is 0 Å². The lowest BCUT2D eigenvalue weighted by atomic mass is 10.1. The quantitative estimate of drug-likeness (QED) is 0.750. The maximum absolute atomic E-state index is 4.39. The Morgan fingerprint density at radius 3 is 2.73 bits per heavy atom. The number of fused-ring (bicyclic) bond motifs is 1. The molecule has 0 aliphatic carbocycles. The Bertz CT molecular complexity index is 778. The SMILES string of the molecule is Cc1cc(C(C)NCc2cnc3n[nH]c(C)c3c2)c(C)s1.Cl. The molecule has 2 N–H and O–H groups in total. The first-order chi connectivity index (χ1) is 10.0. The van der Waals surface area contributed by atoms with Crippen LogP contribution in [0, 0.1) is 20.8 Å². The number of hydrogen-bond acceptors (Lipinski definition) is 4. The Kier molecular flexibility index (Phi) is 5.21. The van der Waals surface area contributed by atoms with Crippen LogP contribution in [0.15, 0.2) is 18.3 Å². The van der Waals surface area contributed by atoms with Crippen molar-refractivity contribution in [2.24, 2.45) is 0 Å². The highest BCUT2D eigenvalue weighted by Crippen LogP contribution is 2.26. The van der Waals surface area contributed by atoms with Crippen molar-refractivity contribution >= 4 is 34.8 Å². The van der Waals surface area contributed by atoms with E-state index in [1.54, 1.807) is 0 Å². The van der Waals surface area contributed by atoms with E-state index in [-0.39, 0.29) is 12.4 Å². The third kappa shape index (κ3) is 3.32. The summed E-state index contributed by atoms with van der Waals surface area (Å²) in [5.41, 5.74) is 4.43. The van der Waals surface area contributed by atoms with Crippen molar-refractivity contribution in [3.63, 3.8) is 0 Å². The van der Waals surface area contributed by atoms with Gasteiger partial charge in [-0.2, -0.15) is 5.10 Å². The Morgan fingerprint density at radius 2 is 2.05 bits per heavy atom. The van der Waals surface area contributed by atoms with Gasteiger partial charge in [-0.15, -0.1) is 23.7 Å². The fourth-order valence-electron chi connectivity index (χ4n) is 2.62. The molecule has 0 fully saturated rings. The van der Waals surface area contributed by atoms with Gasteiger partial charge in [0.05, 0.1) is 0 Å². The molecule has 118 valence electrons. The third-order valence-corrected chi connectivity index (χ3v) is 4.80. The second-order valence-corrected chi connectivity index (χ2v) is 6.99. The van der Waals surface area contributed by atoms with Crippen molar-refractivity contribution in [2.75, 3.05) is 0 Å². The van der Waals surface area contributed by atoms with Crippen LogP contribution in [-0.4, -0.2) is 15.2 Å².